The second-order valence-electron chi connectivity index (χ2n) is 9.72. The molecular formula is C28H32FN3O2. The molecule has 5 nitrogen and oxygen atoms in total. The molecule has 1 aromatic heterocycles. The fraction of sp³-hybridized carbons (Fsp3) is 0.429. The van der Waals surface area contributed by atoms with Gasteiger partial charge in [0.2, 0.25) is 5.91 Å². The molecule has 2 heterocycles. The Hall–Kier alpha value is -2.99. The van der Waals surface area contributed by atoms with Gasteiger partial charge in [-0.15, -0.1) is 0 Å². The van der Waals surface area contributed by atoms with Crippen LogP contribution in [0.1, 0.15) is 49.3 Å². The molecule has 2 aliphatic rings. The number of likely N-dealkylation sites (tertiary alicyclic amines) is 1. The van der Waals surface area contributed by atoms with Crippen LogP contribution in [0.25, 0.3) is 17.0 Å². The van der Waals surface area contributed by atoms with Crippen LogP contribution in [-0.4, -0.2) is 42.1 Å². The molecule has 2 atom stereocenters. The molecule has 1 saturated heterocycles. The number of halogens is 1. The fourth-order valence-electron chi connectivity index (χ4n) is 5.60. The van der Waals surface area contributed by atoms with Crippen molar-refractivity contribution in [1.82, 2.24) is 15.4 Å². The summed E-state index contributed by atoms with van der Waals surface area (Å²) < 4.78 is 18.8. The monoisotopic (exact) mass is 461 g/mol. The van der Waals surface area contributed by atoms with Crippen LogP contribution in [0.3, 0.4) is 0 Å². The van der Waals surface area contributed by atoms with E-state index in [1.807, 2.05) is 36.4 Å². The maximum atomic E-state index is 13.5. The lowest BCUT2D eigenvalue weighted by Crippen LogP contribution is -2.39. The van der Waals surface area contributed by atoms with Crippen molar-refractivity contribution in [3.8, 4) is 0 Å². The van der Waals surface area contributed by atoms with Crippen molar-refractivity contribution in [2.24, 2.45) is 11.8 Å². The minimum Gasteiger partial charge on any atom is -0.356 e. The molecular weight excluding hydrogens is 429 g/mol. The van der Waals surface area contributed by atoms with E-state index in [2.05, 4.69) is 15.4 Å². The first kappa shape index (κ1) is 22.8. The van der Waals surface area contributed by atoms with Crippen LogP contribution >= 0.6 is 0 Å². The van der Waals surface area contributed by atoms with Gasteiger partial charge in [0, 0.05) is 36.5 Å². The van der Waals surface area contributed by atoms with Crippen LogP contribution in [0.4, 0.5) is 4.39 Å². The normalized spacial score (nSPS) is 22.0. The maximum absolute atomic E-state index is 13.5. The fourth-order valence-corrected chi connectivity index (χ4v) is 5.60. The molecule has 34 heavy (non-hydrogen) atoms. The van der Waals surface area contributed by atoms with Gasteiger partial charge in [0.15, 0.2) is 5.58 Å². The molecule has 2 fully saturated rings. The van der Waals surface area contributed by atoms with E-state index in [0.29, 0.717) is 23.3 Å². The van der Waals surface area contributed by atoms with E-state index in [0.717, 1.165) is 55.7 Å². The van der Waals surface area contributed by atoms with Gasteiger partial charge in [0.25, 0.3) is 0 Å². The molecule has 6 heteroatoms. The maximum Gasteiger partial charge on any atom is 0.244 e. The topological polar surface area (TPSA) is 58.4 Å². The Morgan fingerprint density at radius 2 is 1.88 bits per heavy atom. The van der Waals surface area contributed by atoms with Crippen LogP contribution in [-0.2, 0) is 4.79 Å². The van der Waals surface area contributed by atoms with E-state index in [9.17, 15) is 9.18 Å². The summed E-state index contributed by atoms with van der Waals surface area (Å²) in [5.41, 5.74) is 2.54. The van der Waals surface area contributed by atoms with Crippen LogP contribution < -0.4 is 5.32 Å². The summed E-state index contributed by atoms with van der Waals surface area (Å²) in [7, 11) is 0. The number of hydrogen-bond donors (Lipinski definition) is 1. The highest BCUT2D eigenvalue weighted by Gasteiger charge is 2.31. The first-order valence-electron chi connectivity index (χ1n) is 12.4. The van der Waals surface area contributed by atoms with E-state index in [-0.39, 0.29) is 11.7 Å². The van der Waals surface area contributed by atoms with Gasteiger partial charge in [-0.05, 0) is 74.4 Å². The summed E-state index contributed by atoms with van der Waals surface area (Å²) in [4.78, 5) is 14.9. The summed E-state index contributed by atoms with van der Waals surface area (Å²) >= 11 is 0. The quantitative estimate of drug-likeness (QED) is 0.479. The number of carbonyl (C=O) groups excluding carboxylic acids is 1. The van der Waals surface area contributed by atoms with Gasteiger partial charge >= 0.3 is 0 Å². The summed E-state index contributed by atoms with van der Waals surface area (Å²) in [6.07, 6.45) is 9.23. The Balaban J connectivity index is 1.09. The first-order chi connectivity index (χ1) is 16.7. The third-order valence-corrected chi connectivity index (χ3v) is 7.51. The number of hydrogen-bond acceptors (Lipinski definition) is 4. The smallest absolute Gasteiger partial charge is 0.244 e. The highest BCUT2D eigenvalue weighted by Crippen LogP contribution is 2.36. The van der Waals surface area contributed by atoms with Crippen molar-refractivity contribution >= 4 is 23.0 Å². The lowest BCUT2D eigenvalue weighted by Gasteiger charge is -2.34. The minimum atomic E-state index is -0.292. The Labute approximate surface area is 200 Å². The Kier molecular flexibility index (Phi) is 7.05. The van der Waals surface area contributed by atoms with Crippen molar-refractivity contribution in [3.05, 3.63) is 71.7 Å². The molecule has 0 bridgehead atoms. The van der Waals surface area contributed by atoms with Crippen LogP contribution in [0, 0.1) is 17.7 Å². The Bertz CT molecular complexity index is 1140. The van der Waals surface area contributed by atoms with Crippen LogP contribution in [0.15, 0.2) is 59.1 Å². The molecule has 1 aliphatic carbocycles. The highest BCUT2D eigenvalue weighted by atomic mass is 19.1. The zero-order valence-electron chi connectivity index (χ0n) is 19.5. The summed E-state index contributed by atoms with van der Waals surface area (Å²) in [5.74, 6) is 1.22. The number of amides is 1. The average molecular weight is 462 g/mol. The third-order valence-electron chi connectivity index (χ3n) is 7.51. The zero-order valence-corrected chi connectivity index (χ0v) is 19.5. The van der Waals surface area contributed by atoms with E-state index < -0.39 is 0 Å². The molecule has 1 saturated carbocycles. The number of fused-ring (bicyclic) bond motifs is 1. The van der Waals surface area contributed by atoms with Gasteiger partial charge < -0.3 is 14.7 Å². The SMILES string of the molecule is O=C(/C=C/c1ccccc1)NC[C@H]1CCC[C@@H]1CN1CCC(c2noc3cc(F)ccc23)CC1. The van der Waals surface area contributed by atoms with Gasteiger partial charge in [0.1, 0.15) is 5.82 Å². The molecule has 0 radical (unpaired) electrons. The van der Waals surface area contributed by atoms with Gasteiger partial charge in [-0.3, -0.25) is 4.79 Å². The Morgan fingerprint density at radius 1 is 1.09 bits per heavy atom. The van der Waals surface area contributed by atoms with Crippen LogP contribution in [0.5, 0.6) is 0 Å². The van der Waals surface area contributed by atoms with Gasteiger partial charge in [0.05, 0.1) is 5.69 Å². The summed E-state index contributed by atoms with van der Waals surface area (Å²) in [6, 6.07) is 14.6. The molecule has 0 unspecified atom stereocenters. The van der Waals surface area contributed by atoms with Crippen LogP contribution in [0.2, 0.25) is 0 Å². The highest BCUT2D eigenvalue weighted by molar-refractivity contribution is 5.91. The van der Waals surface area contributed by atoms with E-state index in [1.54, 1.807) is 12.1 Å². The molecule has 0 spiro atoms. The molecule has 3 aromatic rings. The molecule has 5 rings (SSSR count). The molecule has 1 N–H and O–H groups in total. The number of carbonyl (C=O) groups is 1. The van der Waals surface area contributed by atoms with Crippen molar-refractivity contribution in [2.75, 3.05) is 26.2 Å². The minimum absolute atomic E-state index is 0.0185. The zero-order chi connectivity index (χ0) is 23.3. The van der Waals surface area contributed by atoms with Gasteiger partial charge in [-0.2, -0.15) is 0 Å². The van der Waals surface area contributed by atoms with Crippen molar-refractivity contribution in [1.29, 1.82) is 0 Å². The number of piperidine rings is 1. The predicted octanol–water partition coefficient (Wildman–Crippen LogP) is 5.39. The molecule has 1 amide bonds. The second-order valence-corrected chi connectivity index (χ2v) is 9.72. The number of benzene rings is 2. The predicted molar refractivity (Wildman–Crippen MR) is 132 cm³/mol. The van der Waals surface area contributed by atoms with Crippen molar-refractivity contribution in [3.63, 3.8) is 0 Å². The van der Waals surface area contributed by atoms with Gasteiger partial charge in [-0.1, -0.05) is 41.9 Å². The second kappa shape index (κ2) is 10.5. The first-order valence-corrected chi connectivity index (χ1v) is 12.4. The largest absolute Gasteiger partial charge is 0.356 e. The Morgan fingerprint density at radius 3 is 2.71 bits per heavy atom. The van der Waals surface area contributed by atoms with E-state index in [4.69, 9.17) is 4.52 Å². The van der Waals surface area contributed by atoms with Gasteiger partial charge in [-0.25, -0.2) is 4.39 Å². The van der Waals surface area contributed by atoms with E-state index in [1.165, 1.54) is 31.4 Å². The number of nitrogens with zero attached hydrogens (tertiary/aromatic N) is 2. The number of rotatable bonds is 7. The number of aromatic nitrogens is 1. The standard InChI is InChI=1S/C28H32FN3O2/c29-24-10-11-25-26(17-24)34-31-28(25)21-13-15-32(16-14-21)19-23-8-4-7-22(23)18-30-27(33)12-9-20-5-2-1-3-6-20/h1-3,5-6,9-12,17,21-23H,4,7-8,13-16,18-19H2,(H,30,33)/b12-9+/t22-,23-/m1/s1. The summed E-state index contributed by atoms with van der Waals surface area (Å²) in [6.45, 7) is 3.92. The molecule has 2 aromatic carbocycles. The number of nitrogens with one attached hydrogen (secondary N) is 1. The molecule has 1 aliphatic heterocycles. The lowest BCUT2D eigenvalue weighted by molar-refractivity contribution is -0.116. The average Bonchev–Trinajstić information content (AvgIpc) is 3.49. The molecule has 178 valence electrons. The van der Waals surface area contributed by atoms with Crippen molar-refractivity contribution in [2.45, 2.75) is 38.0 Å². The summed E-state index contributed by atoms with van der Waals surface area (Å²) in [5, 5.41) is 8.33. The van der Waals surface area contributed by atoms with E-state index >= 15 is 0 Å². The van der Waals surface area contributed by atoms with Crippen molar-refractivity contribution < 1.29 is 13.7 Å². The third kappa shape index (κ3) is 5.39. The lowest BCUT2D eigenvalue weighted by atomic mass is 9.89.